The van der Waals surface area contributed by atoms with E-state index in [4.69, 9.17) is 4.42 Å². The van der Waals surface area contributed by atoms with E-state index in [0.29, 0.717) is 18.4 Å². The van der Waals surface area contributed by atoms with Crippen LogP contribution < -0.4 is 10.6 Å². The van der Waals surface area contributed by atoms with Gasteiger partial charge in [0.15, 0.2) is 5.96 Å². The molecule has 1 rings (SSSR count). The minimum atomic E-state index is 0. The Morgan fingerprint density at radius 1 is 1.25 bits per heavy atom. The lowest BCUT2D eigenvalue weighted by atomic mass is 10.0. The van der Waals surface area contributed by atoms with Crippen LogP contribution in [0.2, 0.25) is 0 Å². The second-order valence-corrected chi connectivity index (χ2v) is 4.74. The fourth-order valence-electron chi connectivity index (χ4n) is 1.81. The van der Waals surface area contributed by atoms with Crippen molar-refractivity contribution in [3.63, 3.8) is 0 Å². The van der Waals surface area contributed by atoms with E-state index in [-0.39, 0.29) is 24.0 Å². The maximum absolute atomic E-state index is 5.52. The fraction of sp³-hybridized carbons (Fsp3) is 0.714. The van der Waals surface area contributed by atoms with Crippen LogP contribution in [0.1, 0.15) is 44.0 Å². The summed E-state index contributed by atoms with van der Waals surface area (Å²) in [6.45, 7) is 9.79. The molecule has 6 heteroatoms. The van der Waals surface area contributed by atoms with E-state index in [9.17, 15) is 0 Å². The van der Waals surface area contributed by atoms with Crippen LogP contribution in [0.25, 0.3) is 0 Å². The summed E-state index contributed by atoms with van der Waals surface area (Å²) in [5, 5.41) is 6.54. The average molecular weight is 394 g/mol. The van der Waals surface area contributed by atoms with Crippen LogP contribution in [0.15, 0.2) is 9.41 Å². The minimum absolute atomic E-state index is 0. The molecule has 0 saturated heterocycles. The first-order valence-corrected chi connectivity index (χ1v) is 6.98. The Kier molecular flexibility index (Phi) is 9.62. The van der Waals surface area contributed by atoms with Gasteiger partial charge in [-0.05, 0) is 19.8 Å². The van der Waals surface area contributed by atoms with E-state index >= 15 is 0 Å². The molecule has 20 heavy (non-hydrogen) atoms. The lowest BCUT2D eigenvalue weighted by Crippen LogP contribution is -2.39. The van der Waals surface area contributed by atoms with Crippen molar-refractivity contribution in [1.82, 2.24) is 15.6 Å². The molecular weight excluding hydrogens is 367 g/mol. The van der Waals surface area contributed by atoms with E-state index in [1.165, 1.54) is 12.8 Å². The Balaban J connectivity index is 0.00000361. The van der Waals surface area contributed by atoms with Crippen LogP contribution in [0.4, 0.5) is 0 Å². The first kappa shape index (κ1) is 19.2. The first-order valence-electron chi connectivity index (χ1n) is 6.98. The lowest BCUT2D eigenvalue weighted by Gasteiger charge is -2.16. The summed E-state index contributed by atoms with van der Waals surface area (Å²) in [7, 11) is 1.77. The number of rotatable bonds is 6. The number of hydrogen-bond acceptors (Lipinski definition) is 3. The van der Waals surface area contributed by atoms with Crippen molar-refractivity contribution in [3.8, 4) is 0 Å². The predicted octanol–water partition coefficient (Wildman–Crippen LogP) is 3.01. The van der Waals surface area contributed by atoms with Crippen molar-refractivity contribution in [1.29, 1.82) is 0 Å². The van der Waals surface area contributed by atoms with Gasteiger partial charge in [-0.25, -0.2) is 4.98 Å². The van der Waals surface area contributed by atoms with Gasteiger partial charge in [-0.3, -0.25) is 4.99 Å². The lowest BCUT2D eigenvalue weighted by molar-refractivity contribution is 0.459. The van der Waals surface area contributed by atoms with Crippen molar-refractivity contribution in [2.24, 2.45) is 10.9 Å². The minimum Gasteiger partial charge on any atom is -0.444 e. The normalized spacial score (nSPS) is 11.4. The van der Waals surface area contributed by atoms with E-state index in [0.717, 1.165) is 24.0 Å². The molecule has 1 aromatic heterocycles. The highest BCUT2D eigenvalue weighted by Crippen LogP contribution is 2.08. The highest BCUT2D eigenvalue weighted by Gasteiger charge is 2.08. The smallest absolute Gasteiger partial charge is 0.214 e. The Labute approximate surface area is 139 Å². The van der Waals surface area contributed by atoms with Gasteiger partial charge in [0.05, 0.1) is 12.2 Å². The molecule has 0 spiro atoms. The van der Waals surface area contributed by atoms with Crippen molar-refractivity contribution in [3.05, 3.63) is 17.3 Å². The van der Waals surface area contributed by atoms with Gasteiger partial charge in [0.1, 0.15) is 5.76 Å². The summed E-state index contributed by atoms with van der Waals surface area (Å²) in [5.74, 6) is 3.04. The quantitative estimate of drug-likeness (QED) is 0.443. The highest BCUT2D eigenvalue weighted by molar-refractivity contribution is 14.0. The molecule has 0 saturated carbocycles. The molecule has 116 valence electrons. The molecule has 0 radical (unpaired) electrons. The summed E-state index contributed by atoms with van der Waals surface area (Å²) in [6.07, 6.45) is 2.36. The number of aromatic nitrogens is 1. The molecule has 0 aromatic carbocycles. The third kappa shape index (κ3) is 6.11. The number of guanidine groups is 1. The molecule has 0 amide bonds. The number of aryl methyl sites for hydroxylation is 2. The molecule has 0 aliphatic rings. The molecule has 0 atom stereocenters. The van der Waals surface area contributed by atoms with Crippen LogP contribution in [0, 0.1) is 19.8 Å². The van der Waals surface area contributed by atoms with Crippen molar-refractivity contribution in [2.75, 3.05) is 13.6 Å². The van der Waals surface area contributed by atoms with Crippen LogP contribution in [0.5, 0.6) is 0 Å². The number of oxazole rings is 1. The molecule has 0 aliphatic heterocycles. The molecule has 0 bridgehead atoms. The predicted molar refractivity (Wildman–Crippen MR) is 93.7 cm³/mol. The number of halogens is 1. The SMILES string of the molecule is CCC(CC)CNC(=NC)NCc1nc(C)c(C)o1.I. The standard InChI is InChI=1S/C14H26N4O.HI/c1-6-12(7-2)8-16-14(15-5)17-9-13-18-10(3)11(4)19-13;/h12H,6-9H2,1-5H3,(H2,15,16,17);1H. The highest BCUT2D eigenvalue weighted by atomic mass is 127. The number of hydrogen-bond donors (Lipinski definition) is 2. The largest absolute Gasteiger partial charge is 0.444 e. The summed E-state index contributed by atoms with van der Waals surface area (Å²) < 4.78 is 5.52. The average Bonchev–Trinajstić information content (AvgIpc) is 2.73. The van der Waals surface area contributed by atoms with Crippen molar-refractivity contribution < 1.29 is 4.42 Å². The van der Waals surface area contributed by atoms with E-state index in [2.05, 4.69) is 34.5 Å². The topological polar surface area (TPSA) is 62.5 Å². The zero-order valence-corrected chi connectivity index (χ0v) is 15.4. The molecule has 1 aromatic rings. The van der Waals surface area contributed by atoms with Gasteiger partial charge in [0, 0.05) is 13.6 Å². The van der Waals surface area contributed by atoms with Gasteiger partial charge >= 0.3 is 0 Å². The second-order valence-electron chi connectivity index (χ2n) is 4.74. The van der Waals surface area contributed by atoms with Crippen LogP contribution in [0.3, 0.4) is 0 Å². The van der Waals surface area contributed by atoms with Crippen LogP contribution in [-0.4, -0.2) is 24.5 Å². The van der Waals surface area contributed by atoms with Crippen molar-refractivity contribution >= 4 is 29.9 Å². The first-order chi connectivity index (χ1) is 9.10. The van der Waals surface area contributed by atoms with Gasteiger partial charge in [0.25, 0.3) is 0 Å². The zero-order chi connectivity index (χ0) is 14.3. The summed E-state index contributed by atoms with van der Waals surface area (Å²) >= 11 is 0. The van der Waals surface area contributed by atoms with Crippen LogP contribution in [-0.2, 0) is 6.54 Å². The van der Waals surface area contributed by atoms with Gasteiger partial charge in [0.2, 0.25) is 5.89 Å². The molecule has 0 fully saturated rings. The third-order valence-corrected chi connectivity index (χ3v) is 3.42. The Bertz CT molecular complexity index is 394. The summed E-state index contributed by atoms with van der Waals surface area (Å²) in [4.78, 5) is 8.53. The maximum Gasteiger partial charge on any atom is 0.214 e. The maximum atomic E-state index is 5.52. The van der Waals surface area contributed by atoms with E-state index in [1.807, 2.05) is 13.8 Å². The number of aliphatic imine (C=N–C) groups is 1. The molecular formula is C14H27IN4O. The van der Waals surface area contributed by atoms with Gasteiger partial charge in [-0.2, -0.15) is 0 Å². The molecule has 5 nitrogen and oxygen atoms in total. The van der Waals surface area contributed by atoms with Gasteiger partial charge in [-0.1, -0.05) is 26.7 Å². The van der Waals surface area contributed by atoms with E-state index in [1.54, 1.807) is 7.05 Å². The molecule has 2 N–H and O–H groups in total. The number of nitrogens with one attached hydrogen (secondary N) is 2. The third-order valence-electron chi connectivity index (χ3n) is 3.42. The summed E-state index contributed by atoms with van der Waals surface area (Å²) in [5.41, 5.74) is 0.941. The Hall–Kier alpha value is -0.790. The van der Waals surface area contributed by atoms with Crippen molar-refractivity contribution in [2.45, 2.75) is 47.1 Å². The van der Waals surface area contributed by atoms with Crippen LogP contribution >= 0.6 is 24.0 Å². The zero-order valence-electron chi connectivity index (χ0n) is 13.1. The fourth-order valence-corrected chi connectivity index (χ4v) is 1.81. The Morgan fingerprint density at radius 2 is 1.90 bits per heavy atom. The van der Waals surface area contributed by atoms with Gasteiger partial charge < -0.3 is 15.1 Å². The monoisotopic (exact) mass is 394 g/mol. The Morgan fingerprint density at radius 3 is 2.35 bits per heavy atom. The number of nitrogens with zero attached hydrogens (tertiary/aromatic N) is 2. The van der Waals surface area contributed by atoms with E-state index < -0.39 is 0 Å². The molecule has 1 heterocycles. The molecule has 0 unspecified atom stereocenters. The second kappa shape index (κ2) is 10.0. The van der Waals surface area contributed by atoms with Gasteiger partial charge in [-0.15, -0.1) is 24.0 Å². The summed E-state index contributed by atoms with van der Waals surface area (Å²) in [6, 6.07) is 0. The molecule has 0 aliphatic carbocycles.